The van der Waals surface area contributed by atoms with Gasteiger partial charge >= 0.3 is 0 Å². The second kappa shape index (κ2) is 8.62. The Balaban J connectivity index is 1.85. The number of fused-ring (bicyclic) bond motifs is 1. The van der Waals surface area contributed by atoms with E-state index in [1.165, 1.54) is 5.56 Å². The van der Waals surface area contributed by atoms with Crippen LogP contribution in [0.1, 0.15) is 27.0 Å². The van der Waals surface area contributed by atoms with E-state index in [4.69, 9.17) is 10.7 Å². The first-order chi connectivity index (χ1) is 15.0. The fraction of sp³-hybridized carbons (Fsp3) is 0.200. The van der Waals surface area contributed by atoms with Crippen molar-refractivity contribution in [3.8, 4) is 11.3 Å². The van der Waals surface area contributed by atoms with Crippen LogP contribution in [0.15, 0.2) is 60.8 Å². The van der Waals surface area contributed by atoms with Crippen molar-refractivity contribution in [1.82, 2.24) is 14.7 Å². The number of nitrogens with zero attached hydrogens (tertiary/aromatic N) is 2. The zero-order valence-corrected chi connectivity index (χ0v) is 18.1. The Labute approximate surface area is 182 Å². The second-order valence-electron chi connectivity index (χ2n) is 7.76. The number of carbonyl (C=O) groups excluding carboxylic acids is 1. The third kappa shape index (κ3) is 4.15. The zero-order valence-electron chi connectivity index (χ0n) is 18.1. The van der Waals surface area contributed by atoms with E-state index in [0.29, 0.717) is 24.3 Å². The number of benzene rings is 2. The fourth-order valence-electron chi connectivity index (χ4n) is 3.64. The van der Waals surface area contributed by atoms with Crippen molar-refractivity contribution in [3.63, 3.8) is 0 Å². The molecule has 4 aromatic rings. The van der Waals surface area contributed by atoms with E-state index in [2.05, 4.69) is 73.9 Å². The highest BCUT2D eigenvalue weighted by Gasteiger charge is 2.17. The Morgan fingerprint density at radius 2 is 1.74 bits per heavy atom. The number of aromatic nitrogens is 2. The van der Waals surface area contributed by atoms with Crippen molar-refractivity contribution < 1.29 is 4.79 Å². The molecular formula is C25H27N5O. The Morgan fingerprint density at radius 3 is 2.42 bits per heavy atom. The van der Waals surface area contributed by atoms with Gasteiger partial charge in [0.15, 0.2) is 0 Å². The molecule has 0 aliphatic heterocycles. The molecule has 4 rings (SSSR count). The van der Waals surface area contributed by atoms with Gasteiger partial charge in [0.05, 0.1) is 0 Å². The van der Waals surface area contributed by atoms with E-state index < -0.39 is 0 Å². The smallest absolute Gasteiger partial charge is 0.251 e. The lowest BCUT2D eigenvalue weighted by atomic mass is 10.1. The van der Waals surface area contributed by atoms with Crippen LogP contribution in [0.2, 0.25) is 0 Å². The molecule has 0 unspecified atom stereocenters. The number of nitrogens with two attached hydrogens (primary N) is 1. The van der Waals surface area contributed by atoms with Crippen molar-refractivity contribution in [2.45, 2.75) is 20.8 Å². The summed E-state index contributed by atoms with van der Waals surface area (Å²) in [4.78, 5) is 17.3. The van der Waals surface area contributed by atoms with Gasteiger partial charge in [-0.15, -0.1) is 0 Å². The monoisotopic (exact) mass is 413 g/mol. The maximum absolute atomic E-state index is 12.4. The van der Waals surface area contributed by atoms with E-state index >= 15 is 0 Å². The maximum Gasteiger partial charge on any atom is 0.251 e. The molecule has 0 bridgehead atoms. The molecule has 2 aromatic carbocycles. The third-order valence-electron chi connectivity index (χ3n) is 5.37. The van der Waals surface area contributed by atoms with Crippen molar-refractivity contribution in [2.75, 3.05) is 18.4 Å². The number of hydrogen-bond donors (Lipinski definition) is 3. The summed E-state index contributed by atoms with van der Waals surface area (Å²) < 4.78 is 1.99. The van der Waals surface area contributed by atoms with Gasteiger partial charge < -0.3 is 16.4 Å². The maximum atomic E-state index is 12.4. The molecule has 0 spiro atoms. The molecule has 31 heavy (non-hydrogen) atoms. The number of aryl methyl sites for hydroxylation is 3. The van der Waals surface area contributed by atoms with Crippen molar-refractivity contribution in [1.29, 1.82) is 0 Å². The summed E-state index contributed by atoms with van der Waals surface area (Å²) in [6.07, 6.45) is 1.88. The standard InChI is InChI=1S/C25H27N5O/c1-16-7-9-19(10-8-16)23-24(29-22-17(2)5-4-6-18(22)3)30-14-11-20(15-21(30)28-23)25(31)27-13-12-26/h4-11,14-15,29H,12-13,26H2,1-3H3,(H,27,31). The molecule has 4 N–H and O–H groups in total. The lowest BCUT2D eigenvalue weighted by Gasteiger charge is -2.14. The quantitative estimate of drug-likeness (QED) is 0.439. The molecule has 6 heteroatoms. The summed E-state index contributed by atoms with van der Waals surface area (Å²) in [6.45, 7) is 7.08. The number of imidazole rings is 1. The number of rotatable bonds is 6. The van der Waals surface area contributed by atoms with Crippen LogP contribution in [-0.4, -0.2) is 28.4 Å². The van der Waals surface area contributed by atoms with E-state index in [0.717, 1.165) is 33.9 Å². The highest BCUT2D eigenvalue weighted by Crippen LogP contribution is 2.33. The first-order valence-electron chi connectivity index (χ1n) is 10.4. The number of amides is 1. The van der Waals surface area contributed by atoms with E-state index in [1.54, 1.807) is 12.1 Å². The van der Waals surface area contributed by atoms with Crippen LogP contribution >= 0.6 is 0 Å². The third-order valence-corrected chi connectivity index (χ3v) is 5.37. The molecule has 0 saturated heterocycles. The van der Waals surface area contributed by atoms with Gasteiger partial charge in [-0.25, -0.2) is 4.98 Å². The Morgan fingerprint density at radius 1 is 1.03 bits per heavy atom. The number of anilines is 2. The lowest BCUT2D eigenvalue weighted by molar-refractivity contribution is 0.0954. The predicted octanol–water partition coefficient (Wildman–Crippen LogP) is 4.36. The van der Waals surface area contributed by atoms with Crippen LogP contribution < -0.4 is 16.4 Å². The average Bonchev–Trinajstić information content (AvgIpc) is 3.12. The summed E-state index contributed by atoms with van der Waals surface area (Å²) in [5.41, 5.74) is 13.2. The highest BCUT2D eigenvalue weighted by molar-refractivity contribution is 5.95. The predicted molar refractivity (Wildman–Crippen MR) is 126 cm³/mol. The molecule has 0 aliphatic rings. The molecular weight excluding hydrogens is 386 g/mol. The SMILES string of the molecule is Cc1ccc(-c2nc3cc(C(=O)NCCN)ccn3c2Nc2c(C)cccc2C)cc1. The molecule has 2 heterocycles. The number of para-hydroxylation sites is 1. The van der Waals surface area contributed by atoms with Gasteiger partial charge in [-0.3, -0.25) is 9.20 Å². The van der Waals surface area contributed by atoms with Crippen LogP contribution in [0.3, 0.4) is 0 Å². The first kappa shape index (κ1) is 20.6. The molecule has 0 radical (unpaired) electrons. The molecule has 0 saturated carbocycles. The number of carbonyl (C=O) groups is 1. The lowest BCUT2D eigenvalue weighted by Crippen LogP contribution is -2.29. The molecule has 158 valence electrons. The van der Waals surface area contributed by atoms with Crippen molar-refractivity contribution >= 4 is 23.1 Å². The molecule has 2 aromatic heterocycles. The topological polar surface area (TPSA) is 84.5 Å². The normalized spacial score (nSPS) is 11.0. The number of pyridine rings is 1. The van der Waals surface area contributed by atoms with Crippen LogP contribution in [0.5, 0.6) is 0 Å². The summed E-state index contributed by atoms with van der Waals surface area (Å²) in [5, 5.41) is 6.42. The van der Waals surface area contributed by atoms with Gasteiger partial charge in [-0.2, -0.15) is 0 Å². The van der Waals surface area contributed by atoms with E-state index in [9.17, 15) is 4.79 Å². The molecule has 0 atom stereocenters. The van der Waals surface area contributed by atoms with Gasteiger partial charge in [0.1, 0.15) is 17.2 Å². The van der Waals surface area contributed by atoms with Crippen LogP contribution in [-0.2, 0) is 0 Å². The number of nitrogens with one attached hydrogen (secondary N) is 2. The summed E-state index contributed by atoms with van der Waals surface area (Å²) in [6, 6.07) is 18.1. The van der Waals surface area contributed by atoms with Crippen LogP contribution in [0.4, 0.5) is 11.5 Å². The van der Waals surface area contributed by atoms with Gasteiger partial charge in [-0.1, -0.05) is 48.0 Å². The Hall–Kier alpha value is -3.64. The molecule has 0 aliphatic carbocycles. The van der Waals surface area contributed by atoms with Crippen molar-refractivity contribution in [3.05, 3.63) is 83.0 Å². The van der Waals surface area contributed by atoms with Gasteiger partial charge in [-0.05, 0) is 44.0 Å². The van der Waals surface area contributed by atoms with Crippen LogP contribution in [0, 0.1) is 20.8 Å². The van der Waals surface area contributed by atoms with Gasteiger partial charge in [0, 0.05) is 36.1 Å². The Kier molecular flexibility index (Phi) is 5.73. The minimum absolute atomic E-state index is 0.155. The summed E-state index contributed by atoms with van der Waals surface area (Å²) in [5.74, 6) is 0.710. The van der Waals surface area contributed by atoms with Crippen LogP contribution in [0.25, 0.3) is 16.9 Å². The van der Waals surface area contributed by atoms with E-state index in [-0.39, 0.29) is 5.91 Å². The minimum atomic E-state index is -0.155. The average molecular weight is 414 g/mol. The highest BCUT2D eigenvalue weighted by atomic mass is 16.1. The van der Waals surface area contributed by atoms with Crippen molar-refractivity contribution in [2.24, 2.45) is 5.73 Å². The zero-order chi connectivity index (χ0) is 22.0. The first-order valence-corrected chi connectivity index (χ1v) is 10.4. The Bertz CT molecular complexity index is 1220. The molecule has 1 amide bonds. The van der Waals surface area contributed by atoms with E-state index in [1.807, 2.05) is 10.6 Å². The molecule has 6 nitrogen and oxygen atoms in total. The minimum Gasteiger partial charge on any atom is -0.351 e. The molecule has 0 fully saturated rings. The second-order valence-corrected chi connectivity index (χ2v) is 7.76. The van der Waals surface area contributed by atoms with Gasteiger partial charge in [0.25, 0.3) is 5.91 Å². The summed E-state index contributed by atoms with van der Waals surface area (Å²) in [7, 11) is 0. The largest absolute Gasteiger partial charge is 0.351 e. The summed E-state index contributed by atoms with van der Waals surface area (Å²) >= 11 is 0. The van der Waals surface area contributed by atoms with Gasteiger partial charge in [0.2, 0.25) is 0 Å². The number of hydrogen-bond acceptors (Lipinski definition) is 4. The fourth-order valence-corrected chi connectivity index (χ4v) is 3.64.